The minimum absolute atomic E-state index is 0.0813. The van der Waals surface area contributed by atoms with Crippen LogP contribution in [0.4, 0.5) is 0 Å². The predicted octanol–water partition coefficient (Wildman–Crippen LogP) is 0.849. The summed E-state index contributed by atoms with van der Waals surface area (Å²) in [6.07, 6.45) is 3.68. The summed E-state index contributed by atoms with van der Waals surface area (Å²) in [4.78, 5) is 31.7. The van der Waals surface area contributed by atoms with E-state index in [2.05, 4.69) is 15.1 Å². The van der Waals surface area contributed by atoms with Gasteiger partial charge in [-0.2, -0.15) is 4.98 Å². The molecule has 0 saturated heterocycles. The quantitative estimate of drug-likeness (QED) is 0.736. The molecule has 8 heteroatoms. The highest BCUT2D eigenvalue weighted by Crippen LogP contribution is 2.34. The second-order valence-corrected chi connectivity index (χ2v) is 6.24. The minimum atomic E-state index is -0.567. The Kier molecular flexibility index (Phi) is 3.34. The molecule has 0 radical (unpaired) electrons. The fraction of sp³-hybridized carbons (Fsp3) is 0.375. The SMILES string of the molecule is NC1(c2noc(Cn3c(=O)[nH]c4ccccc4c3=O)n2)CCCC1. The molecule has 24 heavy (non-hydrogen) atoms. The van der Waals surface area contributed by atoms with E-state index in [-0.39, 0.29) is 12.4 Å². The number of H-pyrrole nitrogens is 1. The van der Waals surface area contributed by atoms with Crippen molar-refractivity contribution in [3.8, 4) is 0 Å². The Morgan fingerprint density at radius 3 is 2.79 bits per heavy atom. The van der Waals surface area contributed by atoms with Crippen LogP contribution in [-0.4, -0.2) is 19.7 Å². The number of hydrogen-bond donors (Lipinski definition) is 2. The van der Waals surface area contributed by atoms with Crippen LogP contribution in [0, 0.1) is 0 Å². The number of para-hydroxylation sites is 1. The summed E-state index contributed by atoms with van der Waals surface area (Å²) in [5, 5.41) is 4.38. The fourth-order valence-electron chi connectivity index (χ4n) is 3.23. The highest BCUT2D eigenvalue weighted by molar-refractivity contribution is 5.76. The van der Waals surface area contributed by atoms with Crippen LogP contribution in [0.25, 0.3) is 10.9 Å². The molecule has 1 fully saturated rings. The lowest BCUT2D eigenvalue weighted by Crippen LogP contribution is -2.36. The van der Waals surface area contributed by atoms with Crippen LogP contribution in [0.1, 0.15) is 37.4 Å². The Balaban J connectivity index is 1.71. The first-order chi connectivity index (χ1) is 11.6. The largest absolute Gasteiger partial charge is 0.337 e. The molecular formula is C16H17N5O3. The summed E-state index contributed by atoms with van der Waals surface area (Å²) in [5.74, 6) is 0.643. The van der Waals surface area contributed by atoms with Crippen LogP contribution in [0.15, 0.2) is 38.4 Å². The van der Waals surface area contributed by atoms with Crippen molar-refractivity contribution in [3.63, 3.8) is 0 Å². The predicted molar refractivity (Wildman–Crippen MR) is 86.6 cm³/mol. The van der Waals surface area contributed by atoms with E-state index in [1.807, 2.05) is 0 Å². The molecule has 0 aliphatic heterocycles. The van der Waals surface area contributed by atoms with Gasteiger partial charge >= 0.3 is 5.69 Å². The Labute approximate surface area is 136 Å². The number of aromatic nitrogens is 4. The molecule has 1 aliphatic rings. The number of nitrogens with one attached hydrogen (secondary N) is 1. The molecular weight excluding hydrogens is 310 g/mol. The first-order valence-electron chi connectivity index (χ1n) is 7.91. The summed E-state index contributed by atoms with van der Waals surface area (Å²) < 4.78 is 6.27. The summed E-state index contributed by atoms with van der Waals surface area (Å²) in [7, 11) is 0. The number of nitrogens with zero attached hydrogens (tertiary/aromatic N) is 3. The van der Waals surface area contributed by atoms with Gasteiger partial charge in [-0.1, -0.05) is 30.1 Å². The van der Waals surface area contributed by atoms with Crippen molar-refractivity contribution in [2.24, 2.45) is 5.73 Å². The Morgan fingerprint density at radius 2 is 2.00 bits per heavy atom. The molecule has 1 aromatic carbocycles. The normalized spacial score (nSPS) is 16.7. The van der Waals surface area contributed by atoms with Gasteiger partial charge in [0.1, 0.15) is 6.54 Å². The second kappa shape index (κ2) is 5.41. The van der Waals surface area contributed by atoms with E-state index < -0.39 is 16.8 Å². The lowest BCUT2D eigenvalue weighted by molar-refractivity contribution is 0.342. The summed E-state index contributed by atoms with van der Waals surface area (Å²) >= 11 is 0. The van der Waals surface area contributed by atoms with Gasteiger partial charge in [0.25, 0.3) is 5.56 Å². The van der Waals surface area contributed by atoms with Crippen molar-refractivity contribution in [1.29, 1.82) is 0 Å². The molecule has 2 heterocycles. The highest BCUT2D eigenvalue weighted by atomic mass is 16.5. The van der Waals surface area contributed by atoms with E-state index in [1.54, 1.807) is 24.3 Å². The zero-order valence-electron chi connectivity index (χ0n) is 13.0. The standard InChI is InChI=1S/C16H17N5O3/c17-16(7-3-4-8-16)14-19-12(24-20-14)9-21-13(22)10-5-1-2-6-11(10)18-15(21)23/h1-2,5-6H,3-4,7-9,17H2,(H,18,23). The van der Waals surface area contributed by atoms with E-state index >= 15 is 0 Å². The number of nitrogens with two attached hydrogens (primary N) is 1. The van der Waals surface area contributed by atoms with Gasteiger partial charge in [-0.25, -0.2) is 4.79 Å². The Bertz CT molecular complexity index is 1010. The average molecular weight is 327 g/mol. The molecule has 1 aliphatic carbocycles. The van der Waals surface area contributed by atoms with Gasteiger partial charge in [0.05, 0.1) is 16.4 Å². The monoisotopic (exact) mass is 327 g/mol. The molecule has 1 saturated carbocycles. The molecule has 0 atom stereocenters. The Hall–Kier alpha value is -2.74. The lowest BCUT2D eigenvalue weighted by atomic mass is 9.99. The van der Waals surface area contributed by atoms with Crippen LogP contribution in [0.2, 0.25) is 0 Å². The van der Waals surface area contributed by atoms with Gasteiger partial charge < -0.3 is 15.2 Å². The summed E-state index contributed by atoms with van der Waals surface area (Å²) in [6.45, 7) is -0.0813. The zero-order valence-corrected chi connectivity index (χ0v) is 13.0. The smallest absolute Gasteiger partial charge is 0.329 e. The van der Waals surface area contributed by atoms with Gasteiger partial charge in [-0.05, 0) is 25.0 Å². The zero-order chi connectivity index (χ0) is 16.7. The second-order valence-electron chi connectivity index (χ2n) is 6.24. The number of rotatable bonds is 3. The van der Waals surface area contributed by atoms with Crippen LogP contribution in [0.3, 0.4) is 0 Å². The van der Waals surface area contributed by atoms with Gasteiger partial charge in [-0.3, -0.25) is 9.36 Å². The number of fused-ring (bicyclic) bond motifs is 1. The average Bonchev–Trinajstić information content (AvgIpc) is 3.21. The van der Waals surface area contributed by atoms with Gasteiger partial charge in [0.2, 0.25) is 5.89 Å². The third-order valence-electron chi connectivity index (χ3n) is 4.59. The van der Waals surface area contributed by atoms with Crippen molar-refractivity contribution in [2.45, 2.75) is 37.8 Å². The van der Waals surface area contributed by atoms with E-state index in [9.17, 15) is 9.59 Å². The summed E-state index contributed by atoms with van der Waals surface area (Å²) in [5.41, 5.74) is 5.33. The molecule has 124 valence electrons. The molecule has 4 rings (SSSR count). The van der Waals surface area contributed by atoms with Crippen molar-refractivity contribution in [2.75, 3.05) is 0 Å². The minimum Gasteiger partial charge on any atom is -0.337 e. The molecule has 8 nitrogen and oxygen atoms in total. The van der Waals surface area contributed by atoms with E-state index in [1.165, 1.54) is 0 Å². The van der Waals surface area contributed by atoms with Gasteiger partial charge in [-0.15, -0.1) is 0 Å². The maximum atomic E-state index is 12.5. The van der Waals surface area contributed by atoms with Gasteiger partial charge in [0.15, 0.2) is 5.82 Å². The molecule has 0 bridgehead atoms. The van der Waals surface area contributed by atoms with Crippen molar-refractivity contribution >= 4 is 10.9 Å². The maximum Gasteiger partial charge on any atom is 0.329 e. The number of hydrogen-bond acceptors (Lipinski definition) is 6. The van der Waals surface area contributed by atoms with Crippen molar-refractivity contribution in [3.05, 3.63) is 56.8 Å². The van der Waals surface area contributed by atoms with Crippen molar-refractivity contribution in [1.82, 2.24) is 19.7 Å². The van der Waals surface area contributed by atoms with Crippen LogP contribution in [0.5, 0.6) is 0 Å². The first-order valence-corrected chi connectivity index (χ1v) is 7.91. The molecule has 0 unspecified atom stereocenters. The van der Waals surface area contributed by atoms with Crippen LogP contribution in [-0.2, 0) is 12.1 Å². The molecule has 2 aromatic heterocycles. The number of benzene rings is 1. The lowest BCUT2D eigenvalue weighted by Gasteiger charge is -2.17. The number of aromatic amines is 1. The van der Waals surface area contributed by atoms with Crippen LogP contribution < -0.4 is 17.0 Å². The first kappa shape index (κ1) is 14.8. The van der Waals surface area contributed by atoms with E-state index in [0.29, 0.717) is 16.7 Å². The molecule has 0 spiro atoms. The maximum absolute atomic E-state index is 12.5. The van der Waals surface area contributed by atoms with Gasteiger partial charge in [0, 0.05) is 0 Å². The van der Waals surface area contributed by atoms with E-state index in [4.69, 9.17) is 10.3 Å². The highest BCUT2D eigenvalue weighted by Gasteiger charge is 2.36. The molecule has 3 N–H and O–H groups in total. The topological polar surface area (TPSA) is 120 Å². The third kappa shape index (κ3) is 2.35. The van der Waals surface area contributed by atoms with Crippen molar-refractivity contribution < 1.29 is 4.52 Å². The van der Waals surface area contributed by atoms with Crippen LogP contribution >= 0.6 is 0 Å². The third-order valence-corrected chi connectivity index (χ3v) is 4.59. The Morgan fingerprint density at radius 1 is 1.25 bits per heavy atom. The molecule has 3 aromatic rings. The summed E-state index contributed by atoms with van der Waals surface area (Å²) in [6, 6.07) is 6.85. The fourth-order valence-corrected chi connectivity index (χ4v) is 3.23. The molecule has 0 amide bonds. The van der Waals surface area contributed by atoms with E-state index in [0.717, 1.165) is 30.3 Å².